The van der Waals surface area contributed by atoms with Gasteiger partial charge in [0.1, 0.15) is 42.5 Å². The van der Waals surface area contributed by atoms with Crippen molar-refractivity contribution in [2.24, 2.45) is 0 Å². The number of pyridine rings is 1. The fraction of sp³-hybridized carbons (Fsp3) is 0.194. The molecule has 0 saturated carbocycles. The smallest absolute Gasteiger partial charge is 0.286 e. The van der Waals surface area contributed by atoms with Crippen molar-refractivity contribution in [2.45, 2.75) is 37.3 Å². The molecule has 2 amide bonds. The minimum absolute atomic E-state index is 0.0167. The molecule has 3 aromatic heterocycles. The molecule has 2 aliphatic heterocycles. The van der Waals surface area contributed by atoms with Crippen LogP contribution in [0.3, 0.4) is 0 Å². The van der Waals surface area contributed by atoms with Crippen LogP contribution < -0.4 is 0 Å². The van der Waals surface area contributed by atoms with E-state index < -0.39 is 49.1 Å². The van der Waals surface area contributed by atoms with Gasteiger partial charge in [0, 0.05) is 39.1 Å². The number of nitrogens with zero attached hydrogens (tertiary/aromatic N) is 3. The summed E-state index contributed by atoms with van der Waals surface area (Å²) in [6, 6.07) is 19.9. The lowest BCUT2D eigenvalue weighted by Gasteiger charge is -2.41. The van der Waals surface area contributed by atoms with Gasteiger partial charge < -0.3 is 44.9 Å². The van der Waals surface area contributed by atoms with Crippen LogP contribution in [0.4, 0.5) is 0 Å². The van der Waals surface area contributed by atoms with Gasteiger partial charge in [-0.05, 0) is 36.4 Å². The number of phenolic OH excluding ortho intramolecular Hbond substituents is 2. The molecule has 0 spiro atoms. The number of H-pyrrole nitrogens is 1. The number of ether oxygens (including phenoxy) is 1. The maximum Gasteiger partial charge on any atom is 0.286 e. The van der Waals surface area contributed by atoms with Gasteiger partial charge in [-0.2, -0.15) is 0 Å². The number of aliphatic hydroxyl groups is 4. The van der Waals surface area contributed by atoms with Crippen molar-refractivity contribution >= 4 is 66.3 Å². The van der Waals surface area contributed by atoms with E-state index in [0.29, 0.717) is 43.5 Å². The van der Waals surface area contributed by atoms with Crippen LogP contribution in [0.1, 0.15) is 32.6 Å². The van der Waals surface area contributed by atoms with Crippen molar-refractivity contribution < 1.29 is 49.8 Å². The zero-order valence-corrected chi connectivity index (χ0v) is 25.9. The first kappa shape index (κ1) is 30.4. The Balaban J connectivity index is 1.30. The maximum atomic E-state index is 14.4. The minimum Gasteiger partial charge on any atom is -0.508 e. The van der Waals surface area contributed by atoms with E-state index in [1.807, 2.05) is 30.3 Å². The first-order valence-corrected chi connectivity index (χ1v) is 15.8. The molecule has 4 aromatic carbocycles. The summed E-state index contributed by atoms with van der Waals surface area (Å²) in [5.41, 5.74) is 2.44. The number of para-hydroxylation sites is 1. The van der Waals surface area contributed by atoms with Crippen molar-refractivity contribution in [3.05, 3.63) is 89.6 Å². The van der Waals surface area contributed by atoms with E-state index in [4.69, 9.17) is 9.57 Å². The molecule has 0 radical (unpaired) electrons. The predicted octanol–water partition coefficient (Wildman–Crippen LogP) is 3.09. The van der Waals surface area contributed by atoms with Gasteiger partial charge in [-0.15, -0.1) is 5.06 Å². The Kier molecular flexibility index (Phi) is 6.67. The van der Waals surface area contributed by atoms with E-state index in [1.165, 1.54) is 28.8 Å². The number of aromatic hydroxyl groups is 2. The van der Waals surface area contributed by atoms with Gasteiger partial charge in [0.2, 0.25) is 0 Å². The maximum absolute atomic E-state index is 14.4. The van der Waals surface area contributed by atoms with Crippen molar-refractivity contribution in [1.82, 2.24) is 19.6 Å². The second-order valence-electron chi connectivity index (χ2n) is 12.5. The average Bonchev–Trinajstić information content (AvgIpc) is 3.72. The molecule has 2 aliphatic rings. The first-order chi connectivity index (χ1) is 24.2. The van der Waals surface area contributed by atoms with E-state index in [1.54, 1.807) is 18.2 Å². The molecule has 14 nitrogen and oxygen atoms in total. The number of nitrogens with one attached hydrogen (secondary N) is 1. The third-order valence-corrected chi connectivity index (χ3v) is 9.67. The molecule has 9 rings (SSSR count). The zero-order valence-electron chi connectivity index (χ0n) is 25.9. The fourth-order valence-corrected chi connectivity index (χ4v) is 7.39. The molecule has 252 valence electrons. The van der Waals surface area contributed by atoms with E-state index >= 15 is 0 Å². The fourth-order valence-electron chi connectivity index (χ4n) is 7.39. The quantitative estimate of drug-likeness (QED) is 0.132. The number of hydroxylamine groups is 2. The Labute approximate surface area is 280 Å². The SMILES string of the molecule is O=C1c2c(c3c4ccc(O)cc4n(C4OC(CO)C(O)C(O)C4O)c3c3[nH]c4cc(O)ccc4c23)C(=O)N1OCc1ccc2ccccc2n1. The van der Waals surface area contributed by atoms with Gasteiger partial charge in [0.15, 0.2) is 6.23 Å². The van der Waals surface area contributed by atoms with Crippen molar-refractivity contribution in [3.63, 3.8) is 0 Å². The Morgan fingerprint density at radius 2 is 1.54 bits per heavy atom. The molecule has 0 aliphatic carbocycles. The number of phenols is 2. The average molecular weight is 677 g/mol. The summed E-state index contributed by atoms with van der Waals surface area (Å²) in [4.78, 5) is 42.5. The van der Waals surface area contributed by atoms with Gasteiger partial charge in [-0.1, -0.05) is 24.3 Å². The monoisotopic (exact) mass is 676 g/mol. The highest BCUT2D eigenvalue weighted by Crippen LogP contribution is 2.48. The number of benzene rings is 4. The van der Waals surface area contributed by atoms with Crippen LogP contribution in [0.2, 0.25) is 0 Å². The molecule has 5 unspecified atom stereocenters. The van der Waals surface area contributed by atoms with E-state index in [0.717, 1.165) is 5.39 Å². The Morgan fingerprint density at radius 3 is 2.32 bits per heavy atom. The normalized spacial score (nSPS) is 22.6. The molecule has 7 N–H and O–H groups in total. The van der Waals surface area contributed by atoms with Gasteiger partial charge >= 0.3 is 0 Å². The number of carbonyl (C=O) groups is 2. The first-order valence-electron chi connectivity index (χ1n) is 15.8. The molecular formula is C36H28N4O10. The van der Waals surface area contributed by atoms with Crippen LogP contribution in [-0.4, -0.2) is 93.1 Å². The molecule has 5 heterocycles. The van der Waals surface area contributed by atoms with E-state index in [2.05, 4.69) is 9.97 Å². The number of carbonyl (C=O) groups excluding carboxylic acids is 2. The van der Waals surface area contributed by atoms with Crippen molar-refractivity contribution in [1.29, 1.82) is 0 Å². The van der Waals surface area contributed by atoms with Crippen LogP contribution in [0.25, 0.3) is 54.5 Å². The van der Waals surface area contributed by atoms with Gasteiger partial charge in [-0.3, -0.25) is 19.4 Å². The number of hydrogen-bond acceptors (Lipinski definition) is 11. The van der Waals surface area contributed by atoms with Crippen LogP contribution in [0.5, 0.6) is 11.5 Å². The molecule has 7 aromatic rings. The number of fused-ring (bicyclic) bond motifs is 11. The largest absolute Gasteiger partial charge is 0.508 e. The summed E-state index contributed by atoms with van der Waals surface area (Å²) >= 11 is 0. The Hall–Kier alpha value is -5.61. The van der Waals surface area contributed by atoms with Crippen LogP contribution in [0.15, 0.2) is 72.8 Å². The number of hydrogen-bond donors (Lipinski definition) is 7. The molecule has 0 bridgehead atoms. The van der Waals surface area contributed by atoms with Crippen molar-refractivity contribution in [3.8, 4) is 11.5 Å². The molecule has 1 fully saturated rings. The summed E-state index contributed by atoms with van der Waals surface area (Å²) < 4.78 is 7.47. The minimum atomic E-state index is -1.74. The number of aliphatic hydroxyl groups excluding tert-OH is 4. The number of aromatic amines is 1. The zero-order chi connectivity index (χ0) is 34.6. The number of imide groups is 1. The lowest BCUT2D eigenvalue weighted by Crippen LogP contribution is -2.56. The highest BCUT2D eigenvalue weighted by Gasteiger charge is 2.47. The number of aromatic nitrogens is 3. The summed E-state index contributed by atoms with van der Waals surface area (Å²) in [6.07, 6.45) is -7.85. The van der Waals surface area contributed by atoms with Gasteiger partial charge in [0.05, 0.1) is 51.0 Å². The number of rotatable bonds is 5. The van der Waals surface area contributed by atoms with Crippen LogP contribution >= 0.6 is 0 Å². The summed E-state index contributed by atoms with van der Waals surface area (Å²) in [7, 11) is 0. The van der Waals surface area contributed by atoms with Gasteiger partial charge in [0.25, 0.3) is 11.8 Å². The van der Waals surface area contributed by atoms with E-state index in [9.17, 15) is 40.2 Å². The van der Waals surface area contributed by atoms with Crippen LogP contribution in [0, 0.1) is 0 Å². The highest BCUT2D eigenvalue weighted by atomic mass is 16.7. The molecular weight excluding hydrogens is 648 g/mol. The lowest BCUT2D eigenvalue weighted by molar-refractivity contribution is -0.249. The second-order valence-corrected chi connectivity index (χ2v) is 12.5. The molecule has 1 saturated heterocycles. The summed E-state index contributed by atoms with van der Waals surface area (Å²) in [5, 5.41) is 66.7. The van der Waals surface area contributed by atoms with Gasteiger partial charge in [-0.25, -0.2) is 0 Å². The lowest BCUT2D eigenvalue weighted by atomic mass is 9.96. The van der Waals surface area contributed by atoms with E-state index in [-0.39, 0.29) is 45.7 Å². The van der Waals surface area contributed by atoms with Crippen molar-refractivity contribution in [2.75, 3.05) is 6.61 Å². The Morgan fingerprint density at radius 1 is 0.820 bits per heavy atom. The third kappa shape index (κ3) is 4.21. The summed E-state index contributed by atoms with van der Waals surface area (Å²) in [6.45, 7) is -0.892. The standard InChI is InChI=1S/C36H28N4O10/c41-13-24-31(44)32(45)33(46)36(50-24)39-23-12-18(43)8-10-20(23)26-28-27(25-19-9-7-17(42)11-22(19)38-29(25)30(26)39)34(47)40(35(28)48)49-14-16-6-5-15-3-1-2-4-21(15)37-16/h1-12,24,31-33,36,38,41-46H,13-14H2. The van der Waals surface area contributed by atoms with Crippen LogP contribution in [-0.2, 0) is 16.2 Å². The number of amides is 2. The molecule has 5 atom stereocenters. The highest BCUT2D eigenvalue weighted by molar-refractivity contribution is 6.39. The predicted molar refractivity (Wildman–Crippen MR) is 178 cm³/mol. The topological polar surface area (TPSA) is 211 Å². The molecule has 14 heteroatoms. The third-order valence-electron chi connectivity index (χ3n) is 9.67. The second kappa shape index (κ2) is 10.9. The Bertz CT molecular complexity index is 2580. The summed E-state index contributed by atoms with van der Waals surface area (Å²) in [5.74, 6) is -1.74. The molecule has 50 heavy (non-hydrogen) atoms.